The van der Waals surface area contributed by atoms with E-state index in [1.807, 2.05) is 6.92 Å². The molecule has 23 heavy (non-hydrogen) atoms. The van der Waals surface area contributed by atoms with Gasteiger partial charge in [0.2, 0.25) is 5.89 Å². The van der Waals surface area contributed by atoms with Gasteiger partial charge in [0, 0.05) is 26.6 Å². The van der Waals surface area contributed by atoms with Crippen LogP contribution in [0, 0.1) is 12.8 Å². The van der Waals surface area contributed by atoms with Gasteiger partial charge in [-0.15, -0.1) is 0 Å². The first-order chi connectivity index (χ1) is 11.0. The predicted octanol–water partition coefficient (Wildman–Crippen LogP) is 1.31. The lowest BCUT2D eigenvalue weighted by atomic mass is 9.82. The number of aryl methyl sites for hydroxylation is 2. The Hall–Kier alpha value is -1.89. The van der Waals surface area contributed by atoms with Crippen molar-refractivity contribution in [3.8, 4) is 0 Å². The van der Waals surface area contributed by atoms with Crippen molar-refractivity contribution in [3.63, 3.8) is 0 Å². The Kier molecular flexibility index (Phi) is 4.66. The Morgan fingerprint density at radius 2 is 2.13 bits per heavy atom. The largest absolute Gasteiger partial charge is 0.445 e. The molecule has 0 saturated heterocycles. The first-order valence-electron chi connectivity index (χ1n) is 8.28. The molecule has 1 N–H and O–H groups in total. The van der Waals surface area contributed by atoms with E-state index in [9.17, 15) is 4.79 Å². The SMILES string of the molecule is Cc1cnc(CN[C@@H]2CCCC[C@@H]2Cc2nn(C)c(=O)n2C)o1. The van der Waals surface area contributed by atoms with Crippen molar-refractivity contribution in [3.05, 3.63) is 34.2 Å². The van der Waals surface area contributed by atoms with Crippen LogP contribution in [0.4, 0.5) is 0 Å². The fourth-order valence-corrected chi connectivity index (χ4v) is 3.45. The Bertz CT molecular complexity index is 714. The van der Waals surface area contributed by atoms with Crippen LogP contribution < -0.4 is 11.0 Å². The fourth-order valence-electron chi connectivity index (χ4n) is 3.45. The van der Waals surface area contributed by atoms with E-state index in [0.717, 1.165) is 36.7 Å². The molecule has 0 bridgehead atoms. The topological polar surface area (TPSA) is 77.9 Å². The molecule has 2 atom stereocenters. The quantitative estimate of drug-likeness (QED) is 0.899. The summed E-state index contributed by atoms with van der Waals surface area (Å²) >= 11 is 0. The van der Waals surface area contributed by atoms with Crippen LogP contribution in [0.1, 0.15) is 43.2 Å². The predicted molar refractivity (Wildman–Crippen MR) is 86.0 cm³/mol. The molecule has 2 aromatic rings. The van der Waals surface area contributed by atoms with Gasteiger partial charge in [-0.1, -0.05) is 12.8 Å². The van der Waals surface area contributed by atoms with Crippen LogP contribution in [-0.2, 0) is 27.1 Å². The number of nitrogens with one attached hydrogen (secondary N) is 1. The van der Waals surface area contributed by atoms with Crippen LogP contribution in [0.3, 0.4) is 0 Å². The van der Waals surface area contributed by atoms with E-state index in [1.165, 1.54) is 17.5 Å². The highest BCUT2D eigenvalue weighted by Crippen LogP contribution is 2.27. The van der Waals surface area contributed by atoms with Gasteiger partial charge in [-0.2, -0.15) is 5.10 Å². The molecule has 0 aliphatic heterocycles. The van der Waals surface area contributed by atoms with Gasteiger partial charge in [-0.25, -0.2) is 14.5 Å². The molecule has 0 aromatic carbocycles. The molecule has 7 heteroatoms. The van der Waals surface area contributed by atoms with E-state index in [2.05, 4.69) is 15.4 Å². The molecule has 3 rings (SSSR count). The molecule has 2 heterocycles. The zero-order chi connectivity index (χ0) is 16.4. The molecule has 0 unspecified atom stereocenters. The number of aromatic nitrogens is 4. The van der Waals surface area contributed by atoms with Crippen LogP contribution in [0.5, 0.6) is 0 Å². The van der Waals surface area contributed by atoms with Crippen LogP contribution in [0.15, 0.2) is 15.4 Å². The van der Waals surface area contributed by atoms with Crippen LogP contribution in [0.25, 0.3) is 0 Å². The number of hydrogen-bond acceptors (Lipinski definition) is 5. The average molecular weight is 319 g/mol. The smallest absolute Gasteiger partial charge is 0.345 e. The minimum atomic E-state index is -0.0596. The zero-order valence-corrected chi connectivity index (χ0v) is 14.1. The second-order valence-electron chi connectivity index (χ2n) is 6.48. The van der Waals surface area contributed by atoms with Crippen LogP contribution in [-0.4, -0.2) is 25.4 Å². The van der Waals surface area contributed by atoms with Gasteiger partial charge in [0.05, 0.1) is 12.7 Å². The second kappa shape index (κ2) is 6.70. The molecule has 0 amide bonds. The summed E-state index contributed by atoms with van der Waals surface area (Å²) < 4.78 is 8.60. The summed E-state index contributed by atoms with van der Waals surface area (Å²) in [4.78, 5) is 16.1. The number of rotatable bonds is 5. The van der Waals surface area contributed by atoms with Crippen molar-refractivity contribution in [1.29, 1.82) is 0 Å². The van der Waals surface area contributed by atoms with Gasteiger partial charge >= 0.3 is 5.69 Å². The Morgan fingerprint density at radius 3 is 2.78 bits per heavy atom. The van der Waals surface area contributed by atoms with E-state index in [0.29, 0.717) is 18.5 Å². The summed E-state index contributed by atoms with van der Waals surface area (Å²) in [5, 5.41) is 7.95. The first kappa shape index (κ1) is 16.0. The molecule has 1 aliphatic carbocycles. The highest BCUT2D eigenvalue weighted by atomic mass is 16.4. The lowest BCUT2D eigenvalue weighted by Crippen LogP contribution is -2.39. The molecular formula is C16H25N5O2. The molecule has 126 valence electrons. The summed E-state index contributed by atoms with van der Waals surface area (Å²) in [5.74, 6) is 2.92. The van der Waals surface area contributed by atoms with E-state index in [4.69, 9.17) is 4.42 Å². The standard InChI is InChI=1S/C16H25N5O2/c1-11-9-18-15(23-11)10-17-13-7-5-4-6-12(13)8-14-19-21(3)16(22)20(14)2/h9,12-13,17H,4-8,10H2,1-3H3/t12-,13-/m1/s1. The molecular weight excluding hydrogens is 294 g/mol. The maximum absolute atomic E-state index is 11.9. The Balaban J connectivity index is 1.66. The highest BCUT2D eigenvalue weighted by molar-refractivity contribution is 4.95. The van der Waals surface area contributed by atoms with E-state index < -0.39 is 0 Å². The van der Waals surface area contributed by atoms with Crippen molar-refractivity contribution < 1.29 is 4.42 Å². The minimum Gasteiger partial charge on any atom is -0.445 e. The summed E-state index contributed by atoms with van der Waals surface area (Å²) in [6.07, 6.45) is 7.35. The fraction of sp³-hybridized carbons (Fsp3) is 0.688. The third-order valence-corrected chi connectivity index (χ3v) is 4.75. The molecule has 2 aromatic heterocycles. The minimum absolute atomic E-state index is 0.0596. The van der Waals surface area contributed by atoms with Gasteiger partial charge in [0.1, 0.15) is 11.6 Å². The zero-order valence-electron chi connectivity index (χ0n) is 14.1. The van der Waals surface area contributed by atoms with Gasteiger partial charge < -0.3 is 9.73 Å². The van der Waals surface area contributed by atoms with Crippen molar-refractivity contribution in [2.24, 2.45) is 20.0 Å². The van der Waals surface area contributed by atoms with E-state index in [-0.39, 0.29) is 5.69 Å². The summed E-state index contributed by atoms with van der Waals surface area (Å²) in [6, 6.07) is 0.410. The third kappa shape index (κ3) is 3.55. The van der Waals surface area contributed by atoms with Gasteiger partial charge in [0.25, 0.3) is 0 Å². The van der Waals surface area contributed by atoms with Crippen molar-refractivity contribution in [2.75, 3.05) is 0 Å². The maximum atomic E-state index is 11.9. The second-order valence-corrected chi connectivity index (χ2v) is 6.48. The van der Waals surface area contributed by atoms with Crippen LogP contribution >= 0.6 is 0 Å². The molecule has 7 nitrogen and oxygen atoms in total. The number of nitrogens with zero attached hydrogens (tertiary/aromatic N) is 4. The summed E-state index contributed by atoms with van der Waals surface area (Å²) in [7, 11) is 3.50. The third-order valence-electron chi connectivity index (χ3n) is 4.75. The lowest BCUT2D eigenvalue weighted by molar-refractivity contribution is 0.248. The maximum Gasteiger partial charge on any atom is 0.345 e. The monoisotopic (exact) mass is 319 g/mol. The summed E-state index contributed by atoms with van der Waals surface area (Å²) in [6.45, 7) is 2.55. The molecule has 1 fully saturated rings. The normalized spacial score (nSPS) is 21.7. The van der Waals surface area contributed by atoms with Gasteiger partial charge in [0.15, 0.2) is 0 Å². The van der Waals surface area contributed by atoms with Crippen molar-refractivity contribution >= 4 is 0 Å². The molecule has 0 spiro atoms. The molecule has 1 aliphatic rings. The first-order valence-corrected chi connectivity index (χ1v) is 8.28. The summed E-state index contributed by atoms with van der Waals surface area (Å²) in [5.41, 5.74) is -0.0596. The van der Waals surface area contributed by atoms with E-state index in [1.54, 1.807) is 24.9 Å². The number of oxazole rings is 1. The number of hydrogen-bond donors (Lipinski definition) is 1. The lowest BCUT2D eigenvalue weighted by Gasteiger charge is -2.31. The van der Waals surface area contributed by atoms with Gasteiger partial charge in [-0.05, 0) is 25.7 Å². The van der Waals surface area contributed by atoms with Crippen LogP contribution in [0.2, 0.25) is 0 Å². The molecule has 0 radical (unpaired) electrons. The van der Waals surface area contributed by atoms with E-state index >= 15 is 0 Å². The van der Waals surface area contributed by atoms with Crippen molar-refractivity contribution in [1.82, 2.24) is 24.6 Å². The van der Waals surface area contributed by atoms with Crippen molar-refractivity contribution in [2.45, 2.75) is 51.6 Å². The Morgan fingerprint density at radius 1 is 1.35 bits per heavy atom. The van der Waals surface area contributed by atoms with Gasteiger partial charge in [-0.3, -0.25) is 4.57 Å². The Labute approximate surface area is 135 Å². The average Bonchev–Trinajstić information content (AvgIpc) is 3.06. The highest BCUT2D eigenvalue weighted by Gasteiger charge is 2.27. The molecule has 1 saturated carbocycles.